The molecule has 0 aromatic heterocycles. The van der Waals surface area contributed by atoms with Crippen LogP contribution in [0.2, 0.25) is 0 Å². The Kier molecular flexibility index (Phi) is 4.20. The molecular weight excluding hydrogens is 260 g/mol. The third kappa shape index (κ3) is 2.39. The van der Waals surface area contributed by atoms with E-state index in [0.29, 0.717) is 5.56 Å². The summed E-state index contributed by atoms with van der Waals surface area (Å²) in [6, 6.07) is 5.72. The van der Waals surface area contributed by atoms with Crippen molar-refractivity contribution in [2.45, 2.75) is 30.0 Å². The SMILES string of the molecule is CCc1cccc(C(=O)C(C)Br)c1S. The first kappa shape index (κ1) is 11.8. The molecule has 1 aromatic carbocycles. The molecule has 14 heavy (non-hydrogen) atoms. The Labute approximate surface area is 98.4 Å². The molecule has 76 valence electrons. The van der Waals surface area contributed by atoms with Gasteiger partial charge in [0.2, 0.25) is 0 Å². The average molecular weight is 273 g/mol. The van der Waals surface area contributed by atoms with Crippen LogP contribution in [0, 0.1) is 0 Å². The number of alkyl halides is 1. The maximum absolute atomic E-state index is 11.7. The van der Waals surface area contributed by atoms with Gasteiger partial charge in [0.25, 0.3) is 0 Å². The van der Waals surface area contributed by atoms with Gasteiger partial charge in [0, 0.05) is 10.5 Å². The molecule has 0 aliphatic rings. The van der Waals surface area contributed by atoms with E-state index in [1.165, 1.54) is 0 Å². The number of aryl methyl sites for hydroxylation is 1. The Morgan fingerprint density at radius 3 is 2.71 bits per heavy atom. The maximum atomic E-state index is 11.7. The fourth-order valence-corrected chi connectivity index (χ4v) is 1.95. The van der Waals surface area contributed by atoms with Crippen LogP contribution in [0.25, 0.3) is 0 Å². The van der Waals surface area contributed by atoms with E-state index in [1.54, 1.807) is 0 Å². The molecular formula is C11H13BrOS. The van der Waals surface area contributed by atoms with E-state index in [0.717, 1.165) is 16.9 Å². The Morgan fingerprint density at radius 1 is 1.57 bits per heavy atom. The predicted molar refractivity (Wildman–Crippen MR) is 65.8 cm³/mol. The monoisotopic (exact) mass is 272 g/mol. The zero-order valence-corrected chi connectivity index (χ0v) is 10.7. The Balaban J connectivity index is 3.16. The highest BCUT2D eigenvalue weighted by molar-refractivity contribution is 9.10. The molecule has 3 heteroatoms. The summed E-state index contributed by atoms with van der Waals surface area (Å²) in [6.07, 6.45) is 0.899. The summed E-state index contributed by atoms with van der Waals surface area (Å²) < 4.78 is 0. The number of Topliss-reactive ketones (excluding diaryl/α,β-unsaturated/α-hetero) is 1. The summed E-state index contributed by atoms with van der Waals surface area (Å²) in [6.45, 7) is 3.88. The molecule has 0 N–H and O–H groups in total. The molecule has 1 nitrogen and oxygen atoms in total. The summed E-state index contributed by atoms with van der Waals surface area (Å²) >= 11 is 7.66. The summed E-state index contributed by atoms with van der Waals surface area (Å²) in [7, 11) is 0. The van der Waals surface area contributed by atoms with E-state index in [-0.39, 0.29) is 10.6 Å². The number of hydrogen-bond donors (Lipinski definition) is 1. The van der Waals surface area contributed by atoms with Gasteiger partial charge in [-0.1, -0.05) is 41.1 Å². The second kappa shape index (κ2) is 4.99. The zero-order valence-electron chi connectivity index (χ0n) is 8.25. The van der Waals surface area contributed by atoms with Crippen LogP contribution in [-0.2, 0) is 6.42 Å². The van der Waals surface area contributed by atoms with Crippen molar-refractivity contribution < 1.29 is 4.79 Å². The van der Waals surface area contributed by atoms with Crippen LogP contribution in [0.4, 0.5) is 0 Å². The van der Waals surface area contributed by atoms with E-state index in [2.05, 4.69) is 35.5 Å². The smallest absolute Gasteiger partial charge is 0.177 e. The first-order chi connectivity index (χ1) is 6.57. The topological polar surface area (TPSA) is 17.1 Å². The number of hydrogen-bond acceptors (Lipinski definition) is 2. The van der Waals surface area contributed by atoms with Gasteiger partial charge in [-0.2, -0.15) is 0 Å². The highest BCUT2D eigenvalue weighted by Crippen LogP contribution is 2.22. The van der Waals surface area contributed by atoms with Crippen LogP contribution in [0.1, 0.15) is 29.8 Å². The molecule has 0 aliphatic heterocycles. The minimum Gasteiger partial charge on any atom is -0.293 e. The summed E-state index contributed by atoms with van der Waals surface area (Å²) in [5.41, 5.74) is 1.82. The van der Waals surface area contributed by atoms with E-state index in [9.17, 15) is 4.79 Å². The normalized spacial score (nSPS) is 12.6. The lowest BCUT2D eigenvalue weighted by molar-refractivity contribution is 0.0993. The van der Waals surface area contributed by atoms with Crippen LogP contribution >= 0.6 is 28.6 Å². The van der Waals surface area contributed by atoms with Crippen molar-refractivity contribution in [3.8, 4) is 0 Å². The molecule has 0 heterocycles. The van der Waals surface area contributed by atoms with E-state index in [4.69, 9.17) is 0 Å². The lowest BCUT2D eigenvalue weighted by Gasteiger charge is -2.09. The summed E-state index contributed by atoms with van der Waals surface area (Å²) in [5.74, 6) is 0.0882. The zero-order chi connectivity index (χ0) is 10.7. The number of benzene rings is 1. The lowest BCUT2D eigenvalue weighted by atomic mass is 10.0. The lowest BCUT2D eigenvalue weighted by Crippen LogP contribution is -2.11. The number of thiol groups is 1. The first-order valence-electron chi connectivity index (χ1n) is 4.57. The minimum atomic E-state index is -0.152. The highest BCUT2D eigenvalue weighted by Gasteiger charge is 2.15. The Bertz CT molecular complexity index is 347. The highest BCUT2D eigenvalue weighted by atomic mass is 79.9. The average Bonchev–Trinajstić information content (AvgIpc) is 2.17. The van der Waals surface area contributed by atoms with Crippen LogP contribution in [-0.4, -0.2) is 10.6 Å². The molecule has 0 saturated heterocycles. The molecule has 1 atom stereocenters. The van der Waals surface area contributed by atoms with Crippen LogP contribution in [0.5, 0.6) is 0 Å². The maximum Gasteiger partial charge on any atom is 0.177 e. The van der Waals surface area contributed by atoms with E-state index < -0.39 is 0 Å². The van der Waals surface area contributed by atoms with Crippen LogP contribution in [0.15, 0.2) is 23.1 Å². The molecule has 0 spiro atoms. The quantitative estimate of drug-likeness (QED) is 0.506. The van der Waals surface area contributed by atoms with Gasteiger partial charge < -0.3 is 0 Å². The number of carbonyl (C=O) groups excluding carboxylic acids is 1. The van der Waals surface area contributed by atoms with Gasteiger partial charge in [-0.25, -0.2) is 0 Å². The molecule has 1 unspecified atom stereocenters. The van der Waals surface area contributed by atoms with Crippen molar-refractivity contribution >= 4 is 34.3 Å². The van der Waals surface area contributed by atoms with E-state index in [1.807, 2.05) is 25.1 Å². The van der Waals surface area contributed by atoms with Crippen molar-refractivity contribution in [3.05, 3.63) is 29.3 Å². The van der Waals surface area contributed by atoms with Crippen molar-refractivity contribution in [2.75, 3.05) is 0 Å². The third-order valence-corrected chi connectivity index (χ3v) is 3.07. The van der Waals surface area contributed by atoms with Gasteiger partial charge >= 0.3 is 0 Å². The molecule has 0 amide bonds. The van der Waals surface area contributed by atoms with Crippen molar-refractivity contribution in [1.82, 2.24) is 0 Å². The molecule has 1 rings (SSSR count). The first-order valence-corrected chi connectivity index (χ1v) is 5.93. The molecule has 0 aliphatic carbocycles. The summed E-state index contributed by atoms with van der Waals surface area (Å²) in [4.78, 5) is 12.4. The molecule has 0 bridgehead atoms. The van der Waals surface area contributed by atoms with Crippen molar-refractivity contribution in [1.29, 1.82) is 0 Å². The van der Waals surface area contributed by atoms with Gasteiger partial charge in [-0.3, -0.25) is 4.79 Å². The molecule has 1 aromatic rings. The van der Waals surface area contributed by atoms with Gasteiger partial charge in [0.05, 0.1) is 4.83 Å². The standard InChI is InChI=1S/C11H13BrOS/c1-3-8-5-4-6-9(11(8)14)10(13)7(2)12/h4-7,14H,3H2,1-2H3. The van der Waals surface area contributed by atoms with Crippen molar-refractivity contribution in [2.24, 2.45) is 0 Å². The number of carbonyl (C=O) groups is 1. The molecule has 0 fully saturated rings. The number of ketones is 1. The molecule has 0 saturated carbocycles. The number of rotatable bonds is 3. The third-order valence-electron chi connectivity index (χ3n) is 2.13. The van der Waals surface area contributed by atoms with Gasteiger partial charge in [0.1, 0.15) is 0 Å². The van der Waals surface area contributed by atoms with Crippen LogP contribution < -0.4 is 0 Å². The fraction of sp³-hybridized carbons (Fsp3) is 0.364. The Morgan fingerprint density at radius 2 is 2.21 bits per heavy atom. The van der Waals surface area contributed by atoms with Gasteiger partial charge in [-0.05, 0) is 18.9 Å². The number of halogens is 1. The van der Waals surface area contributed by atoms with Crippen molar-refractivity contribution in [3.63, 3.8) is 0 Å². The predicted octanol–water partition coefficient (Wildman–Crippen LogP) is 3.50. The largest absolute Gasteiger partial charge is 0.293 e. The Hall–Kier alpha value is -0.280. The van der Waals surface area contributed by atoms with Gasteiger partial charge in [-0.15, -0.1) is 12.6 Å². The fourth-order valence-electron chi connectivity index (χ4n) is 1.29. The van der Waals surface area contributed by atoms with E-state index >= 15 is 0 Å². The second-order valence-corrected chi connectivity index (χ2v) is 4.97. The minimum absolute atomic E-state index is 0.0882. The second-order valence-electron chi connectivity index (χ2n) is 3.15. The van der Waals surface area contributed by atoms with Crippen LogP contribution in [0.3, 0.4) is 0 Å². The summed E-state index contributed by atoms with van der Waals surface area (Å²) in [5, 5.41) is 0. The van der Waals surface area contributed by atoms with Gasteiger partial charge in [0.15, 0.2) is 5.78 Å². The molecule has 0 radical (unpaired) electrons.